The maximum absolute atomic E-state index is 12.8. The lowest BCUT2D eigenvalue weighted by atomic mass is 9.90. The Bertz CT molecular complexity index is 403. The molecule has 18 heavy (non-hydrogen) atoms. The normalized spacial score (nSPS) is 13.1. The molecule has 0 heterocycles. The lowest BCUT2D eigenvalue weighted by Crippen LogP contribution is -2.21. The first-order valence-electron chi connectivity index (χ1n) is 6.35. The number of nitrogens with one attached hydrogen (secondary N) is 1. The summed E-state index contributed by atoms with van der Waals surface area (Å²) in [5.74, 6) is -0.207. The summed E-state index contributed by atoms with van der Waals surface area (Å²) >= 11 is 0. The van der Waals surface area contributed by atoms with Gasteiger partial charge in [0.2, 0.25) is 0 Å². The van der Waals surface area contributed by atoms with Gasteiger partial charge in [-0.1, -0.05) is 12.1 Å². The average molecular weight is 248 g/mol. The molecule has 0 saturated carbocycles. The summed E-state index contributed by atoms with van der Waals surface area (Å²) in [6.45, 7) is 6.83. The molecule has 0 bridgehead atoms. The molecular weight excluding hydrogens is 227 g/mol. The van der Waals surface area contributed by atoms with Crippen LogP contribution in [0, 0.1) is 22.6 Å². The van der Waals surface area contributed by atoms with Crippen LogP contribution < -0.4 is 5.32 Å². The van der Waals surface area contributed by atoms with Crippen molar-refractivity contribution in [2.75, 3.05) is 6.54 Å². The molecule has 1 aromatic rings. The Balaban J connectivity index is 2.32. The Morgan fingerprint density at radius 2 is 1.94 bits per heavy atom. The van der Waals surface area contributed by atoms with E-state index in [1.54, 1.807) is 12.1 Å². The van der Waals surface area contributed by atoms with Gasteiger partial charge in [0.05, 0.1) is 11.5 Å². The van der Waals surface area contributed by atoms with E-state index in [0.717, 1.165) is 24.9 Å². The quantitative estimate of drug-likeness (QED) is 0.777. The summed E-state index contributed by atoms with van der Waals surface area (Å²) in [6, 6.07) is 9.05. The molecule has 0 saturated heterocycles. The number of halogens is 1. The topological polar surface area (TPSA) is 35.8 Å². The Kier molecular flexibility index (Phi) is 5.30. The zero-order chi connectivity index (χ0) is 13.6. The van der Waals surface area contributed by atoms with Crippen molar-refractivity contribution in [1.82, 2.24) is 5.32 Å². The highest BCUT2D eigenvalue weighted by Gasteiger charge is 2.15. The van der Waals surface area contributed by atoms with Crippen LogP contribution >= 0.6 is 0 Å². The number of benzene rings is 1. The third-order valence-electron chi connectivity index (χ3n) is 3.10. The second-order valence-corrected chi connectivity index (χ2v) is 5.33. The summed E-state index contributed by atoms with van der Waals surface area (Å²) in [7, 11) is 0. The predicted molar refractivity (Wildman–Crippen MR) is 71.4 cm³/mol. The fourth-order valence-electron chi connectivity index (χ4n) is 1.77. The molecule has 1 aromatic carbocycles. The molecule has 3 heteroatoms. The minimum atomic E-state index is -0.249. The monoisotopic (exact) mass is 248 g/mol. The summed E-state index contributed by atoms with van der Waals surface area (Å²) in [5.41, 5.74) is 0.830. The van der Waals surface area contributed by atoms with Gasteiger partial charge in [0, 0.05) is 6.04 Å². The molecule has 98 valence electrons. The van der Waals surface area contributed by atoms with Gasteiger partial charge in [-0.05, 0) is 57.9 Å². The van der Waals surface area contributed by atoms with Crippen molar-refractivity contribution >= 4 is 0 Å². The van der Waals surface area contributed by atoms with Crippen LogP contribution in [-0.2, 0) is 0 Å². The Morgan fingerprint density at radius 3 is 2.50 bits per heavy atom. The zero-order valence-electron chi connectivity index (χ0n) is 11.3. The molecule has 0 aliphatic heterocycles. The van der Waals surface area contributed by atoms with Gasteiger partial charge < -0.3 is 5.32 Å². The number of rotatable bonds is 6. The van der Waals surface area contributed by atoms with E-state index in [1.165, 1.54) is 12.1 Å². The van der Waals surface area contributed by atoms with Crippen molar-refractivity contribution in [3.8, 4) is 6.07 Å². The first-order valence-corrected chi connectivity index (χ1v) is 6.35. The van der Waals surface area contributed by atoms with Crippen LogP contribution in [0.3, 0.4) is 0 Å². The average Bonchev–Trinajstić information content (AvgIpc) is 2.35. The van der Waals surface area contributed by atoms with Gasteiger partial charge in [0.25, 0.3) is 0 Å². The predicted octanol–water partition coefficient (Wildman–Crippen LogP) is 3.81. The van der Waals surface area contributed by atoms with Gasteiger partial charge in [-0.25, -0.2) is 4.39 Å². The second kappa shape index (κ2) is 6.51. The SMILES string of the molecule is C[C@H](NCCCC(C)(C)C#N)c1ccc(F)cc1. The van der Waals surface area contributed by atoms with Crippen LogP contribution in [0.2, 0.25) is 0 Å². The first-order chi connectivity index (χ1) is 8.44. The molecule has 1 atom stereocenters. The van der Waals surface area contributed by atoms with Crippen molar-refractivity contribution in [2.24, 2.45) is 5.41 Å². The van der Waals surface area contributed by atoms with Crippen molar-refractivity contribution in [2.45, 2.75) is 39.7 Å². The Morgan fingerprint density at radius 1 is 1.33 bits per heavy atom. The molecule has 0 unspecified atom stereocenters. The third kappa shape index (κ3) is 4.85. The molecule has 0 radical (unpaired) electrons. The van der Waals surface area contributed by atoms with E-state index >= 15 is 0 Å². The van der Waals surface area contributed by atoms with E-state index in [2.05, 4.69) is 18.3 Å². The summed E-state index contributed by atoms with van der Waals surface area (Å²) in [5, 5.41) is 12.3. The lowest BCUT2D eigenvalue weighted by Gasteiger charge is -2.17. The Hall–Kier alpha value is -1.40. The summed E-state index contributed by atoms with van der Waals surface area (Å²) in [6.07, 6.45) is 1.85. The fourth-order valence-corrected chi connectivity index (χ4v) is 1.77. The largest absolute Gasteiger partial charge is 0.310 e. The highest BCUT2D eigenvalue weighted by Crippen LogP contribution is 2.20. The molecule has 0 aliphatic carbocycles. The van der Waals surface area contributed by atoms with Crippen LogP contribution in [-0.4, -0.2) is 6.54 Å². The molecular formula is C15H21FN2. The molecule has 0 fully saturated rings. The van der Waals surface area contributed by atoms with Crippen molar-refractivity contribution in [3.05, 3.63) is 35.6 Å². The maximum Gasteiger partial charge on any atom is 0.123 e. The third-order valence-corrected chi connectivity index (χ3v) is 3.10. The number of nitrogens with zero attached hydrogens (tertiary/aromatic N) is 1. The lowest BCUT2D eigenvalue weighted by molar-refractivity contribution is 0.417. The van der Waals surface area contributed by atoms with Gasteiger partial charge >= 0.3 is 0 Å². The molecule has 0 aromatic heterocycles. The molecule has 1 rings (SSSR count). The van der Waals surface area contributed by atoms with E-state index < -0.39 is 0 Å². The van der Waals surface area contributed by atoms with Crippen LogP contribution in [0.4, 0.5) is 4.39 Å². The van der Waals surface area contributed by atoms with Crippen molar-refractivity contribution in [3.63, 3.8) is 0 Å². The molecule has 2 nitrogen and oxygen atoms in total. The summed E-state index contributed by atoms with van der Waals surface area (Å²) < 4.78 is 12.8. The smallest absolute Gasteiger partial charge is 0.123 e. The van der Waals surface area contributed by atoms with Gasteiger partial charge in [0.1, 0.15) is 5.82 Å². The maximum atomic E-state index is 12.8. The van der Waals surface area contributed by atoms with E-state index in [4.69, 9.17) is 5.26 Å². The first kappa shape index (κ1) is 14.7. The van der Waals surface area contributed by atoms with Crippen LogP contribution in [0.5, 0.6) is 0 Å². The highest BCUT2D eigenvalue weighted by molar-refractivity contribution is 5.19. The second-order valence-electron chi connectivity index (χ2n) is 5.33. The van der Waals surface area contributed by atoms with Gasteiger partial charge in [-0.2, -0.15) is 5.26 Å². The molecule has 0 aliphatic rings. The minimum absolute atomic E-state index is 0.204. The number of hydrogen-bond acceptors (Lipinski definition) is 2. The molecule has 0 amide bonds. The number of nitriles is 1. The Labute approximate surface area is 109 Å². The van der Waals surface area contributed by atoms with E-state index in [1.807, 2.05) is 13.8 Å². The standard InChI is InChI=1S/C15H21FN2/c1-12(13-5-7-14(16)8-6-13)18-10-4-9-15(2,3)11-17/h5-8,12,18H,4,9-10H2,1-3H3/t12-/m0/s1. The van der Waals surface area contributed by atoms with Crippen LogP contribution in [0.1, 0.15) is 45.2 Å². The van der Waals surface area contributed by atoms with Gasteiger partial charge in [-0.15, -0.1) is 0 Å². The van der Waals surface area contributed by atoms with Crippen LogP contribution in [0.25, 0.3) is 0 Å². The van der Waals surface area contributed by atoms with E-state index in [9.17, 15) is 4.39 Å². The number of hydrogen-bond donors (Lipinski definition) is 1. The van der Waals surface area contributed by atoms with Gasteiger partial charge in [-0.3, -0.25) is 0 Å². The van der Waals surface area contributed by atoms with Crippen molar-refractivity contribution < 1.29 is 4.39 Å². The van der Waals surface area contributed by atoms with Gasteiger partial charge in [0.15, 0.2) is 0 Å². The molecule has 0 spiro atoms. The molecule has 1 N–H and O–H groups in total. The summed E-state index contributed by atoms with van der Waals surface area (Å²) in [4.78, 5) is 0. The van der Waals surface area contributed by atoms with Crippen molar-refractivity contribution in [1.29, 1.82) is 5.26 Å². The van der Waals surface area contributed by atoms with E-state index in [0.29, 0.717) is 0 Å². The zero-order valence-corrected chi connectivity index (χ0v) is 11.3. The van der Waals surface area contributed by atoms with E-state index in [-0.39, 0.29) is 17.3 Å². The fraction of sp³-hybridized carbons (Fsp3) is 0.533. The minimum Gasteiger partial charge on any atom is -0.310 e. The van der Waals surface area contributed by atoms with Crippen LogP contribution in [0.15, 0.2) is 24.3 Å². The highest BCUT2D eigenvalue weighted by atomic mass is 19.1.